The van der Waals surface area contributed by atoms with E-state index < -0.39 is 11.6 Å². The van der Waals surface area contributed by atoms with E-state index in [1.165, 1.54) is 6.07 Å². The summed E-state index contributed by atoms with van der Waals surface area (Å²) < 4.78 is 10.9. The van der Waals surface area contributed by atoms with Gasteiger partial charge in [0, 0.05) is 31.2 Å². The molecule has 1 saturated heterocycles. The highest BCUT2D eigenvalue weighted by molar-refractivity contribution is 6.31. The molecule has 1 aromatic carbocycles. The van der Waals surface area contributed by atoms with Gasteiger partial charge in [-0.05, 0) is 39.0 Å². The molecule has 2 rings (SSSR count). The van der Waals surface area contributed by atoms with Gasteiger partial charge in [-0.2, -0.15) is 0 Å². The van der Waals surface area contributed by atoms with Crippen molar-refractivity contribution in [3.8, 4) is 5.75 Å². The Morgan fingerprint density at radius 1 is 1.14 bits per heavy atom. The lowest BCUT2D eigenvalue weighted by Gasteiger charge is -2.35. The van der Waals surface area contributed by atoms with Crippen molar-refractivity contribution in [1.29, 1.82) is 0 Å². The van der Waals surface area contributed by atoms with Gasteiger partial charge in [-0.3, -0.25) is 4.79 Å². The molecule has 154 valence electrons. The van der Waals surface area contributed by atoms with E-state index in [2.05, 4.69) is 5.32 Å². The maximum Gasteiger partial charge on any atom is 0.410 e. The number of amides is 4. The summed E-state index contributed by atoms with van der Waals surface area (Å²) in [7, 11) is 0. The lowest BCUT2D eigenvalue weighted by molar-refractivity contribution is -0.135. The number of benzene rings is 1. The molecule has 1 aliphatic heterocycles. The number of nitrogens with one attached hydrogen (secondary N) is 1. The number of primary amides is 1. The molecule has 0 unspecified atom stereocenters. The molecule has 0 spiro atoms. The van der Waals surface area contributed by atoms with Gasteiger partial charge in [0.05, 0.1) is 5.69 Å². The van der Waals surface area contributed by atoms with E-state index in [9.17, 15) is 14.4 Å². The molecule has 9 nitrogen and oxygen atoms in total. The summed E-state index contributed by atoms with van der Waals surface area (Å²) in [5.74, 6) is 0.0488. The van der Waals surface area contributed by atoms with E-state index in [1.807, 2.05) is 0 Å². The molecule has 0 atom stereocenters. The first-order valence-electron chi connectivity index (χ1n) is 8.79. The zero-order chi connectivity index (χ0) is 20.9. The van der Waals surface area contributed by atoms with Crippen LogP contribution in [0.25, 0.3) is 0 Å². The van der Waals surface area contributed by atoms with Gasteiger partial charge in [0.1, 0.15) is 11.4 Å². The summed E-state index contributed by atoms with van der Waals surface area (Å²) in [6, 6.07) is 3.83. The Hall–Kier alpha value is -2.68. The van der Waals surface area contributed by atoms with Crippen molar-refractivity contribution in [2.24, 2.45) is 5.73 Å². The summed E-state index contributed by atoms with van der Waals surface area (Å²) in [6.07, 6.45) is -0.390. The molecule has 4 amide bonds. The second-order valence-corrected chi connectivity index (χ2v) is 7.70. The number of rotatable bonds is 4. The first-order chi connectivity index (χ1) is 13.0. The monoisotopic (exact) mass is 412 g/mol. The number of halogens is 1. The number of carbonyl (C=O) groups is 3. The normalized spacial score (nSPS) is 14.4. The fraction of sp³-hybridized carbons (Fsp3) is 0.500. The Morgan fingerprint density at radius 2 is 1.75 bits per heavy atom. The van der Waals surface area contributed by atoms with Gasteiger partial charge >= 0.3 is 12.1 Å². The van der Waals surface area contributed by atoms with Gasteiger partial charge in [0.2, 0.25) is 0 Å². The second kappa shape index (κ2) is 9.01. The molecule has 1 heterocycles. The van der Waals surface area contributed by atoms with Crippen LogP contribution in [0.3, 0.4) is 0 Å². The SMILES string of the molecule is CC(C)(C)OC(=O)N1CCN(C(=O)COc2ccc(Cl)cc2NC(N)=O)CC1. The van der Waals surface area contributed by atoms with E-state index in [0.717, 1.165) is 0 Å². The van der Waals surface area contributed by atoms with E-state index in [-0.39, 0.29) is 30.0 Å². The second-order valence-electron chi connectivity index (χ2n) is 7.27. The van der Waals surface area contributed by atoms with E-state index in [1.54, 1.807) is 42.7 Å². The minimum atomic E-state index is -0.767. The van der Waals surface area contributed by atoms with E-state index >= 15 is 0 Å². The third kappa shape index (κ3) is 6.49. The van der Waals surface area contributed by atoms with Gasteiger partial charge in [-0.1, -0.05) is 11.6 Å². The quantitative estimate of drug-likeness (QED) is 0.787. The van der Waals surface area contributed by atoms with Crippen molar-refractivity contribution in [1.82, 2.24) is 9.80 Å². The van der Waals surface area contributed by atoms with E-state index in [4.69, 9.17) is 26.8 Å². The Labute approximate surface area is 168 Å². The Bertz CT molecular complexity index is 742. The van der Waals surface area contributed by atoms with Crippen LogP contribution in [0.4, 0.5) is 15.3 Å². The van der Waals surface area contributed by atoms with Gasteiger partial charge in [-0.15, -0.1) is 0 Å². The van der Waals surface area contributed by atoms with Gasteiger partial charge in [0.15, 0.2) is 6.61 Å². The van der Waals surface area contributed by atoms with Crippen LogP contribution in [0.1, 0.15) is 20.8 Å². The topological polar surface area (TPSA) is 114 Å². The predicted octanol–water partition coefficient (Wildman–Crippen LogP) is 2.29. The van der Waals surface area contributed by atoms with Crippen LogP contribution in [0.15, 0.2) is 18.2 Å². The maximum absolute atomic E-state index is 12.4. The molecular formula is C18H25ClN4O5. The van der Waals surface area contributed by atoms with E-state index in [0.29, 0.717) is 31.2 Å². The molecule has 0 aliphatic carbocycles. The first kappa shape index (κ1) is 21.6. The molecule has 3 N–H and O–H groups in total. The molecule has 1 fully saturated rings. The maximum atomic E-state index is 12.4. The number of carbonyl (C=O) groups excluding carboxylic acids is 3. The summed E-state index contributed by atoms with van der Waals surface area (Å²) in [4.78, 5) is 38.7. The highest BCUT2D eigenvalue weighted by Crippen LogP contribution is 2.28. The molecule has 0 aromatic heterocycles. The van der Waals surface area contributed by atoms with Crippen LogP contribution in [-0.2, 0) is 9.53 Å². The summed E-state index contributed by atoms with van der Waals surface area (Å²) >= 11 is 5.90. The van der Waals surface area contributed by atoms with Crippen molar-refractivity contribution >= 4 is 35.3 Å². The van der Waals surface area contributed by atoms with Gasteiger partial charge < -0.3 is 30.3 Å². The molecule has 28 heavy (non-hydrogen) atoms. The number of ether oxygens (including phenoxy) is 2. The minimum absolute atomic E-state index is 0.221. The lowest BCUT2D eigenvalue weighted by Crippen LogP contribution is -2.52. The number of anilines is 1. The van der Waals surface area contributed by atoms with Crippen molar-refractivity contribution in [3.05, 3.63) is 23.2 Å². The minimum Gasteiger partial charge on any atom is -0.482 e. The lowest BCUT2D eigenvalue weighted by atomic mass is 10.2. The number of urea groups is 1. The standard InChI is InChI=1S/C18H25ClN4O5/c1-18(2,3)28-17(26)23-8-6-22(7-9-23)15(24)11-27-14-5-4-12(19)10-13(14)21-16(20)25/h4-5,10H,6-9,11H2,1-3H3,(H3,20,21,25). The Kier molecular flexibility index (Phi) is 6.95. The number of hydrogen-bond donors (Lipinski definition) is 2. The predicted molar refractivity (Wildman–Crippen MR) is 105 cm³/mol. The molecular weight excluding hydrogens is 388 g/mol. The number of nitrogens with two attached hydrogens (primary N) is 1. The van der Waals surface area contributed by atoms with Crippen molar-refractivity contribution in [2.45, 2.75) is 26.4 Å². The first-order valence-corrected chi connectivity index (χ1v) is 9.17. The van der Waals surface area contributed by atoms with Crippen LogP contribution in [0, 0.1) is 0 Å². The van der Waals surface area contributed by atoms with Crippen LogP contribution in [0.5, 0.6) is 5.75 Å². The summed E-state index contributed by atoms with van der Waals surface area (Å²) in [5, 5.41) is 2.79. The molecule has 1 aliphatic rings. The van der Waals surface area contributed by atoms with Crippen LogP contribution in [-0.4, -0.2) is 66.2 Å². The molecule has 10 heteroatoms. The van der Waals surface area contributed by atoms with Crippen molar-refractivity contribution in [3.63, 3.8) is 0 Å². The highest BCUT2D eigenvalue weighted by Gasteiger charge is 2.27. The fourth-order valence-corrected chi connectivity index (χ4v) is 2.73. The molecule has 0 saturated carbocycles. The Balaban J connectivity index is 1.87. The molecule has 1 aromatic rings. The zero-order valence-corrected chi connectivity index (χ0v) is 16.9. The van der Waals surface area contributed by atoms with Crippen LogP contribution >= 0.6 is 11.6 Å². The third-order valence-electron chi connectivity index (χ3n) is 3.83. The third-order valence-corrected chi connectivity index (χ3v) is 4.07. The smallest absolute Gasteiger partial charge is 0.410 e. The largest absolute Gasteiger partial charge is 0.482 e. The zero-order valence-electron chi connectivity index (χ0n) is 16.2. The van der Waals surface area contributed by atoms with Crippen LogP contribution in [0.2, 0.25) is 5.02 Å². The number of nitrogens with zero attached hydrogens (tertiary/aromatic N) is 2. The molecule has 0 bridgehead atoms. The average Bonchev–Trinajstić information content (AvgIpc) is 2.59. The summed E-state index contributed by atoms with van der Waals surface area (Å²) in [5.41, 5.74) is 4.84. The number of hydrogen-bond acceptors (Lipinski definition) is 5. The summed E-state index contributed by atoms with van der Waals surface area (Å²) in [6.45, 7) is 6.73. The molecule has 0 radical (unpaired) electrons. The van der Waals surface area contributed by atoms with Gasteiger partial charge in [0.25, 0.3) is 5.91 Å². The average molecular weight is 413 g/mol. The van der Waals surface area contributed by atoms with Crippen LogP contribution < -0.4 is 15.8 Å². The van der Waals surface area contributed by atoms with Crippen molar-refractivity contribution in [2.75, 3.05) is 38.1 Å². The highest BCUT2D eigenvalue weighted by atomic mass is 35.5. The Morgan fingerprint density at radius 3 is 2.32 bits per heavy atom. The van der Waals surface area contributed by atoms with Gasteiger partial charge in [-0.25, -0.2) is 9.59 Å². The fourth-order valence-electron chi connectivity index (χ4n) is 2.55. The number of piperazine rings is 1. The van der Waals surface area contributed by atoms with Crippen molar-refractivity contribution < 1.29 is 23.9 Å².